The van der Waals surface area contributed by atoms with E-state index in [2.05, 4.69) is 21.2 Å². The number of amides is 1. The molecule has 0 aliphatic carbocycles. The van der Waals surface area contributed by atoms with Gasteiger partial charge >= 0.3 is 0 Å². The molecule has 98 valence electrons. The first-order chi connectivity index (χ1) is 8.54. The number of ketones is 1. The van der Waals surface area contributed by atoms with E-state index < -0.39 is 5.92 Å². The van der Waals surface area contributed by atoms with E-state index in [1.807, 2.05) is 0 Å². The Bertz CT molecular complexity index is 420. The Morgan fingerprint density at radius 2 is 1.94 bits per heavy atom. The van der Waals surface area contributed by atoms with Gasteiger partial charge in [0, 0.05) is 16.0 Å². The molecular weight excluding hydrogens is 318 g/mol. The molecule has 1 atom stereocenters. The summed E-state index contributed by atoms with van der Waals surface area (Å²) in [5.74, 6) is -0.952. The van der Waals surface area contributed by atoms with Crippen LogP contribution in [-0.4, -0.2) is 17.0 Å². The van der Waals surface area contributed by atoms with Crippen molar-refractivity contribution in [1.82, 2.24) is 0 Å². The molecule has 0 saturated heterocycles. The average Bonchev–Trinajstić information content (AvgIpc) is 2.32. The Balaban J connectivity index is 2.66. The van der Waals surface area contributed by atoms with Gasteiger partial charge in [-0.2, -0.15) is 0 Å². The topological polar surface area (TPSA) is 46.2 Å². The van der Waals surface area contributed by atoms with E-state index in [1.165, 1.54) is 6.92 Å². The fourth-order valence-electron chi connectivity index (χ4n) is 1.56. The molecule has 0 saturated carbocycles. The molecule has 0 aliphatic heterocycles. The number of Topliss-reactive ketones (excluding diaryl/α,β-unsaturated/α-hetero) is 1. The molecule has 0 spiro atoms. The Hall–Kier alpha value is -0.870. The second-order valence-electron chi connectivity index (χ2n) is 3.99. The highest BCUT2D eigenvalue weighted by Crippen LogP contribution is 2.16. The van der Waals surface area contributed by atoms with Crippen molar-refractivity contribution in [3.63, 3.8) is 0 Å². The van der Waals surface area contributed by atoms with Crippen LogP contribution in [0.25, 0.3) is 0 Å². The Labute approximate surface area is 120 Å². The molecule has 0 radical (unpaired) electrons. The number of alkyl halides is 1. The zero-order chi connectivity index (χ0) is 13.5. The van der Waals surface area contributed by atoms with Crippen LogP contribution in [0.5, 0.6) is 0 Å². The van der Waals surface area contributed by atoms with Crippen molar-refractivity contribution in [2.75, 3.05) is 10.6 Å². The predicted octanol–water partition coefficient (Wildman–Crippen LogP) is 3.66. The number of anilines is 1. The summed E-state index contributed by atoms with van der Waals surface area (Å²) >= 11 is 9.05. The number of rotatable bonds is 6. The lowest BCUT2D eigenvalue weighted by atomic mass is 9.98. The summed E-state index contributed by atoms with van der Waals surface area (Å²) in [5, 5.41) is 4.12. The van der Waals surface area contributed by atoms with Crippen LogP contribution in [0.3, 0.4) is 0 Å². The molecule has 1 aromatic carbocycles. The largest absolute Gasteiger partial charge is 0.325 e. The fourth-order valence-corrected chi connectivity index (χ4v) is 2.01. The molecular formula is C13H15BrClNO2. The molecule has 1 aromatic rings. The summed E-state index contributed by atoms with van der Waals surface area (Å²) in [7, 11) is 0. The van der Waals surface area contributed by atoms with Crippen LogP contribution in [-0.2, 0) is 9.59 Å². The minimum atomic E-state index is -0.585. The molecule has 0 aliphatic rings. The van der Waals surface area contributed by atoms with E-state index in [1.54, 1.807) is 24.3 Å². The van der Waals surface area contributed by atoms with Crippen LogP contribution in [0.2, 0.25) is 5.02 Å². The minimum absolute atomic E-state index is 0.109. The Morgan fingerprint density at radius 1 is 1.33 bits per heavy atom. The zero-order valence-corrected chi connectivity index (χ0v) is 12.4. The maximum Gasteiger partial charge on any atom is 0.234 e. The molecule has 3 nitrogen and oxygen atoms in total. The number of hydrogen-bond acceptors (Lipinski definition) is 2. The molecule has 5 heteroatoms. The standard InChI is InChI=1S/C13H15BrClNO2/c1-9(17)12(3-2-8-14)13(18)16-11-6-4-10(15)5-7-11/h4-7,12H,2-3,8H2,1H3,(H,16,18). The molecule has 0 bridgehead atoms. The number of carbonyl (C=O) groups is 2. The van der Waals surface area contributed by atoms with Crippen molar-refractivity contribution in [3.8, 4) is 0 Å². The van der Waals surface area contributed by atoms with E-state index in [9.17, 15) is 9.59 Å². The lowest BCUT2D eigenvalue weighted by Gasteiger charge is -2.13. The smallest absolute Gasteiger partial charge is 0.234 e. The highest BCUT2D eigenvalue weighted by Gasteiger charge is 2.22. The number of nitrogens with one attached hydrogen (secondary N) is 1. The van der Waals surface area contributed by atoms with Crippen molar-refractivity contribution in [3.05, 3.63) is 29.3 Å². The summed E-state index contributed by atoms with van der Waals surface area (Å²) in [5.41, 5.74) is 0.648. The van der Waals surface area contributed by atoms with Gasteiger partial charge in [0.25, 0.3) is 0 Å². The van der Waals surface area contributed by atoms with Crippen LogP contribution in [0.15, 0.2) is 24.3 Å². The van der Waals surface area contributed by atoms with Crippen LogP contribution < -0.4 is 5.32 Å². The molecule has 0 fully saturated rings. The highest BCUT2D eigenvalue weighted by atomic mass is 79.9. The summed E-state index contributed by atoms with van der Waals surface area (Å²) in [6.07, 6.45) is 1.35. The summed E-state index contributed by atoms with van der Waals surface area (Å²) in [6, 6.07) is 6.81. The maximum absolute atomic E-state index is 12.0. The molecule has 1 unspecified atom stereocenters. The molecule has 18 heavy (non-hydrogen) atoms. The Kier molecular flexibility index (Phi) is 6.36. The maximum atomic E-state index is 12.0. The first kappa shape index (κ1) is 15.2. The third-order valence-electron chi connectivity index (χ3n) is 2.55. The van der Waals surface area contributed by atoms with E-state index in [0.717, 1.165) is 11.8 Å². The van der Waals surface area contributed by atoms with E-state index >= 15 is 0 Å². The third-order valence-corrected chi connectivity index (χ3v) is 3.36. The van der Waals surface area contributed by atoms with Gasteiger partial charge in [-0.25, -0.2) is 0 Å². The van der Waals surface area contributed by atoms with Gasteiger partial charge in [0.2, 0.25) is 5.91 Å². The highest BCUT2D eigenvalue weighted by molar-refractivity contribution is 9.09. The van der Waals surface area contributed by atoms with Crippen LogP contribution >= 0.6 is 27.5 Å². The van der Waals surface area contributed by atoms with Crippen molar-refractivity contribution in [2.24, 2.45) is 5.92 Å². The first-order valence-electron chi connectivity index (χ1n) is 5.67. The van der Waals surface area contributed by atoms with E-state index in [0.29, 0.717) is 17.1 Å². The number of hydrogen-bond donors (Lipinski definition) is 1. The van der Waals surface area contributed by atoms with Crippen molar-refractivity contribution >= 4 is 44.9 Å². The third kappa shape index (κ3) is 4.78. The van der Waals surface area contributed by atoms with Crippen LogP contribution in [0, 0.1) is 5.92 Å². The van der Waals surface area contributed by atoms with Gasteiger partial charge in [0.05, 0.1) is 5.92 Å². The SMILES string of the molecule is CC(=O)C(CCCBr)C(=O)Nc1ccc(Cl)cc1. The van der Waals surface area contributed by atoms with Crippen LogP contribution in [0.4, 0.5) is 5.69 Å². The quantitative estimate of drug-likeness (QED) is 0.638. The van der Waals surface area contributed by atoms with Crippen LogP contribution in [0.1, 0.15) is 19.8 Å². The summed E-state index contributed by atoms with van der Waals surface area (Å²) in [4.78, 5) is 23.4. The Morgan fingerprint density at radius 3 is 2.44 bits per heavy atom. The normalized spacial score (nSPS) is 11.9. The molecule has 1 N–H and O–H groups in total. The van der Waals surface area contributed by atoms with E-state index in [4.69, 9.17) is 11.6 Å². The molecule has 1 rings (SSSR count). The zero-order valence-electron chi connectivity index (χ0n) is 10.1. The second-order valence-corrected chi connectivity index (χ2v) is 5.22. The van der Waals surface area contributed by atoms with Crippen molar-refractivity contribution in [1.29, 1.82) is 0 Å². The van der Waals surface area contributed by atoms with Gasteiger partial charge < -0.3 is 5.32 Å². The fraction of sp³-hybridized carbons (Fsp3) is 0.385. The average molecular weight is 333 g/mol. The lowest BCUT2D eigenvalue weighted by molar-refractivity contribution is -0.130. The van der Waals surface area contributed by atoms with Gasteiger partial charge in [0.15, 0.2) is 0 Å². The monoisotopic (exact) mass is 331 g/mol. The van der Waals surface area contributed by atoms with Gasteiger partial charge in [-0.15, -0.1) is 0 Å². The van der Waals surface area contributed by atoms with Crippen molar-refractivity contribution in [2.45, 2.75) is 19.8 Å². The summed E-state index contributed by atoms with van der Waals surface area (Å²) < 4.78 is 0. The van der Waals surface area contributed by atoms with Gasteiger partial charge in [-0.1, -0.05) is 27.5 Å². The summed E-state index contributed by atoms with van der Waals surface area (Å²) in [6.45, 7) is 1.44. The number of carbonyl (C=O) groups excluding carboxylic acids is 2. The number of halogens is 2. The first-order valence-corrected chi connectivity index (χ1v) is 7.17. The van der Waals surface area contributed by atoms with Gasteiger partial charge in [-0.05, 0) is 44.0 Å². The molecule has 1 amide bonds. The van der Waals surface area contributed by atoms with E-state index in [-0.39, 0.29) is 11.7 Å². The van der Waals surface area contributed by atoms with Crippen molar-refractivity contribution < 1.29 is 9.59 Å². The molecule has 0 aromatic heterocycles. The molecule has 0 heterocycles. The number of benzene rings is 1. The second kappa shape index (κ2) is 7.54. The van der Waals surface area contributed by atoms with Gasteiger partial charge in [-0.3, -0.25) is 9.59 Å². The lowest BCUT2D eigenvalue weighted by Crippen LogP contribution is -2.28. The predicted molar refractivity (Wildman–Crippen MR) is 77.3 cm³/mol. The minimum Gasteiger partial charge on any atom is -0.325 e. The van der Waals surface area contributed by atoms with Gasteiger partial charge in [0.1, 0.15) is 5.78 Å².